The molecule has 0 aliphatic carbocycles. The Hall–Kier alpha value is -4.32. The van der Waals surface area contributed by atoms with E-state index in [0.29, 0.717) is 28.4 Å². The van der Waals surface area contributed by atoms with Crippen molar-refractivity contribution in [3.8, 4) is 6.07 Å². The largest absolute Gasteiger partial charge is 0.417 e. The maximum absolute atomic E-state index is 11.4. The third-order valence-electron chi connectivity index (χ3n) is 5.47. The molecule has 3 N–H and O–H groups in total. The quantitative estimate of drug-likeness (QED) is 0.433. The van der Waals surface area contributed by atoms with Crippen LogP contribution in [-0.4, -0.2) is 28.0 Å². The van der Waals surface area contributed by atoms with Crippen molar-refractivity contribution >= 4 is 39.9 Å². The van der Waals surface area contributed by atoms with Crippen LogP contribution in [0.15, 0.2) is 51.8 Å². The first kappa shape index (κ1) is 19.6. The summed E-state index contributed by atoms with van der Waals surface area (Å²) in [5.74, 6) is 0.546. The molecule has 9 nitrogen and oxygen atoms in total. The number of nitriles is 1. The van der Waals surface area contributed by atoms with E-state index in [1.807, 2.05) is 31.2 Å². The van der Waals surface area contributed by atoms with E-state index in [4.69, 9.17) is 4.42 Å². The number of rotatable bonds is 5. The van der Waals surface area contributed by atoms with Crippen LogP contribution in [0, 0.1) is 18.3 Å². The molecule has 0 amide bonds. The highest BCUT2D eigenvalue weighted by Crippen LogP contribution is 2.28. The zero-order chi connectivity index (χ0) is 22.1. The number of oxazole rings is 1. The zero-order valence-electron chi connectivity index (χ0n) is 17.5. The molecule has 9 heteroatoms. The molecule has 1 fully saturated rings. The van der Waals surface area contributed by atoms with Gasteiger partial charge in [0.25, 0.3) is 0 Å². The van der Waals surface area contributed by atoms with Crippen molar-refractivity contribution < 1.29 is 4.42 Å². The lowest BCUT2D eigenvalue weighted by molar-refractivity contribution is 0.555. The smallest absolute Gasteiger partial charge is 0.408 e. The molecular weight excluding hydrogens is 406 g/mol. The second-order valence-corrected chi connectivity index (χ2v) is 7.74. The molecule has 32 heavy (non-hydrogen) atoms. The van der Waals surface area contributed by atoms with Crippen molar-refractivity contribution in [3.63, 3.8) is 0 Å². The molecule has 160 valence electrons. The predicted molar refractivity (Wildman–Crippen MR) is 123 cm³/mol. The number of anilines is 5. The number of benzene rings is 2. The molecule has 1 aliphatic heterocycles. The Labute approximate surface area is 183 Å². The van der Waals surface area contributed by atoms with Gasteiger partial charge in [0.2, 0.25) is 5.95 Å². The van der Waals surface area contributed by atoms with E-state index in [0.717, 1.165) is 48.6 Å². The molecule has 5 rings (SSSR count). The number of fused-ring (bicyclic) bond motifs is 1. The fourth-order valence-electron chi connectivity index (χ4n) is 3.86. The minimum Gasteiger partial charge on any atom is -0.408 e. The Morgan fingerprint density at radius 3 is 2.72 bits per heavy atom. The highest BCUT2D eigenvalue weighted by molar-refractivity contribution is 5.78. The molecule has 0 unspecified atom stereocenters. The highest BCUT2D eigenvalue weighted by atomic mass is 16.4. The maximum atomic E-state index is 11.4. The van der Waals surface area contributed by atoms with E-state index in [1.54, 1.807) is 18.3 Å². The maximum Gasteiger partial charge on any atom is 0.417 e. The van der Waals surface area contributed by atoms with Crippen molar-refractivity contribution in [1.82, 2.24) is 15.0 Å². The fraction of sp³-hybridized carbons (Fsp3) is 0.217. The van der Waals surface area contributed by atoms with Gasteiger partial charge in [0.1, 0.15) is 11.9 Å². The summed E-state index contributed by atoms with van der Waals surface area (Å²) in [6.45, 7) is 3.87. The Bertz CT molecular complexity index is 1390. The topological polar surface area (TPSA) is 123 Å². The van der Waals surface area contributed by atoms with E-state index in [-0.39, 0.29) is 0 Å². The number of hydrogen-bond acceptors (Lipinski definition) is 8. The Morgan fingerprint density at radius 1 is 1.12 bits per heavy atom. The first-order valence-corrected chi connectivity index (χ1v) is 10.4. The predicted octanol–water partition coefficient (Wildman–Crippen LogP) is 4.18. The monoisotopic (exact) mass is 427 g/mol. The number of hydrogen-bond donors (Lipinski definition) is 3. The van der Waals surface area contributed by atoms with Crippen molar-refractivity contribution in [3.05, 3.63) is 64.3 Å². The molecular formula is C23H21N7O2. The summed E-state index contributed by atoms with van der Waals surface area (Å²) in [6.07, 6.45) is 4.03. The van der Waals surface area contributed by atoms with Crippen LogP contribution in [-0.2, 0) is 0 Å². The minimum atomic E-state index is -0.491. The fourth-order valence-corrected chi connectivity index (χ4v) is 3.86. The van der Waals surface area contributed by atoms with Gasteiger partial charge in [-0.25, -0.2) is 9.78 Å². The van der Waals surface area contributed by atoms with Gasteiger partial charge in [0, 0.05) is 36.2 Å². The molecule has 0 atom stereocenters. The van der Waals surface area contributed by atoms with Crippen molar-refractivity contribution in [2.75, 3.05) is 28.6 Å². The van der Waals surface area contributed by atoms with E-state index in [2.05, 4.69) is 36.6 Å². The average molecular weight is 427 g/mol. The summed E-state index contributed by atoms with van der Waals surface area (Å²) in [5, 5.41) is 16.1. The van der Waals surface area contributed by atoms with Gasteiger partial charge in [-0.15, -0.1) is 0 Å². The van der Waals surface area contributed by atoms with Gasteiger partial charge in [0.15, 0.2) is 5.58 Å². The molecule has 0 bridgehead atoms. The van der Waals surface area contributed by atoms with Gasteiger partial charge in [-0.1, -0.05) is 0 Å². The van der Waals surface area contributed by atoms with Crippen LogP contribution >= 0.6 is 0 Å². The van der Waals surface area contributed by atoms with Gasteiger partial charge in [-0.3, -0.25) is 4.98 Å². The highest BCUT2D eigenvalue weighted by Gasteiger charge is 2.16. The van der Waals surface area contributed by atoms with Crippen LogP contribution in [0.4, 0.5) is 28.8 Å². The van der Waals surface area contributed by atoms with Crippen LogP contribution in [0.1, 0.15) is 24.0 Å². The molecule has 2 aromatic carbocycles. The van der Waals surface area contributed by atoms with E-state index in [9.17, 15) is 10.1 Å². The number of aromatic amines is 1. The van der Waals surface area contributed by atoms with Gasteiger partial charge >= 0.3 is 5.76 Å². The third-order valence-corrected chi connectivity index (χ3v) is 5.47. The van der Waals surface area contributed by atoms with Gasteiger partial charge in [-0.05, 0) is 56.2 Å². The standard InChI is InChI=1S/C23H21N7O2/c1-14-13-25-22(27-16-4-6-19(15(10-16)12-24)30-8-2-3-9-30)29-21(14)26-17-5-7-20-18(11-17)28-23(31)32-20/h4-7,10-11,13H,2-3,8-9H2,1H3,(H,28,31)(H2,25,26,27,29). The van der Waals surface area contributed by atoms with Gasteiger partial charge in [0.05, 0.1) is 16.8 Å². The molecule has 0 radical (unpaired) electrons. The third kappa shape index (κ3) is 3.86. The second-order valence-electron chi connectivity index (χ2n) is 7.74. The van der Waals surface area contributed by atoms with Crippen LogP contribution in [0.25, 0.3) is 11.1 Å². The second kappa shape index (κ2) is 8.07. The number of aryl methyl sites for hydroxylation is 1. The van der Waals surface area contributed by atoms with Crippen LogP contribution in [0.2, 0.25) is 0 Å². The van der Waals surface area contributed by atoms with Crippen molar-refractivity contribution in [2.45, 2.75) is 19.8 Å². The van der Waals surface area contributed by atoms with Crippen LogP contribution < -0.4 is 21.3 Å². The van der Waals surface area contributed by atoms with Crippen molar-refractivity contribution in [1.29, 1.82) is 5.26 Å². The molecule has 1 aliphatic rings. The first-order valence-electron chi connectivity index (χ1n) is 10.4. The Morgan fingerprint density at radius 2 is 1.91 bits per heavy atom. The summed E-state index contributed by atoms with van der Waals surface area (Å²) in [7, 11) is 0. The molecule has 2 aromatic heterocycles. The molecule has 0 spiro atoms. The number of nitrogens with one attached hydrogen (secondary N) is 3. The average Bonchev–Trinajstić information content (AvgIpc) is 3.45. The van der Waals surface area contributed by atoms with Crippen LogP contribution in [0.3, 0.4) is 0 Å². The first-order chi connectivity index (χ1) is 15.6. The number of aromatic nitrogens is 3. The SMILES string of the molecule is Cc1cnc(Nc2ccc(N3CCCC3)c(C#N)c2)nc1Nc1ccc2oc(=O)[nH]c2c1. The van der Waals surface area contributed by atoms with Crippen molar-refractivity contribution in [2.24, 2.45) is 0 Å². The molecule has 1 saturated heterocycles. The summed E-state index contributed by atoms with van der Waals surface area (Å²) < 4.78 is 5.04. The van der Waals surface area contributed by atoms with Gasteiger partial charge in [-0.2, -0.15) is 10.2 Å². The summed E-state index contributed by atoms with van der Waals surface area (Å²) in [5.41, 5.74) is 5.06. The minimum absolute atomic E-state index is 0.411. The Kier molecular flexibility index (Phi) is 4.95. The lowest BCUT2D eigenvalue weighted by atomic mass is 10.1. The van der Waals surface area contributed by atoms with E-state index < -0.39 is 5.76 Å². The van der Waals surface area contributed by atoms with E-state index >= 15 is 0 Å². The number of H-pyrrole nitrogens is 1. The van der Waals surface area contributed by atoms with Gasteiger partial charge < -0.3 is 20.0 Å². The summed E-state index contributed by atoms with van der Waals surface area (Å²) in [6, 6.07) is 13.3. The lowest BCUT2D eigenvalue weighted by Crippen LogP contribution is -2.18. The normalized spacial score (nSPS) is 13.3. The van der Waals surface area contributed by atoms with Crippen LogP contribution in [0.5, 0.6) is 0 Å². The zero-order valence-corrected chi connectivity index (χ0v) is 17.5. The molecule has 4 aromatic rings. The summed E-state index contributed by atoms with van der Waals surface area (Å²) >= 11 is 0. The Balaban J connectivity index is 1.38. The lowest BCUT2D eigenvalue weighted by Gasteiger charge is -2.19. The molecule has 3 heterocycles. The summed E-state index contributed by atoms with van der Waals surface area (Å²) in [4.78, 5) is 25.2. The van der Waals surface area contributed by atoms with E-state index in [1.165, 1.54) is 0 Å². The molecule has 0 saturated carbocycles. The number of nitrogens with zero attached hydrogens (tertiary/aromatic N) is 4.